The minimum atomic E-state index is 0.541. The zero-order valence-corrected chi connectivity index (χ0v) is 10.9. The van der Waals surface area contributed by atoms with Gasteiger partial charge < -0.3 is 10.6 Å². The summed E-state index contributed by atoms with van der Waals surface area (Å²) in [7, 11) is 2.17. The van der Waals surface area contributed by atoms with Gasteiger partial charge in [-0.1, -0.05) is 32.0 Å². The molecule has 1 aromatic rings. The highest BCUT2D eigenvalue weighted by Gasteiger charge is 2.15. The molecule has 0 heterocycles. The van der Waals surface area contributed by atoms with Crippen LogP contribution in [-0.2, 0) is 6.42 Å². The molecule has 2 nitrogen and oxygen atoms in total. The Labute approximate surface area is 99.5 Å². The van der Waals surface area contributed by atoms with Gasteiger partial charge in [0.2, 0.25) is 0 Å². The van der Waals surface area contributed by atoms with Crippen molar-refractivity contribution in [1.82, 2.24) is 0 Å². The zero-order chi connectivity index (χ0) is 12.1. The number of hydrogen-bond acceptors (Lipinski definition) is 2. The summed E-state index contributed by atoms with van der Waals surface area (Å²) in [5, 5.41) is 0. The Kier molecular flexibility index (Phi) is 4.81. The van der Waals surface area contributed by atoms with Crippen LogP contribution in [0.5, 0.6) is 0 Å². The van der Waals surface area contributed by atoms with Gasteiger partial charge >= 0.3 is 0 Å². The molecule has 0 saturated heterocycles. The molecule has 0 spiro atoms. The molecule has 1 atom stereocenters. The number of nitrogens with two attached hydrogens (primary N) is 1. The maximum Gasteiger partial charge on any atom is 0.0399 e. The third kappa shape index (κ3) is 2.99. The lowest BCUT2D eigenvalue weighted by molar-refractivity contribution is 0.505. The summed E-state index contributed by atoms with van der Waals surface area (Å²) in [5.74, 6) is 0.649. The monoisotopic (exact) mass is 220 g/mol. The molecule has 0 aromatic heterocycles. The molecule has 90 valence electrons. The molecular formula is C14H24N2. The molecule has 0 radical (unpaired) electrons. The minimum Gasteiger partial charge on any atom is -0.371 e. The fourth-order valence-corrected chi connectivity index (χ4v) is 1.89. The van der Waals surface area contributed by atoms with E-state index in [9.17, 15) is 0 Å². The van der Waals surface area contributed by atoms with Crippen LogP contribution in [0, 0.1) is 5.92 Å². The molecule has 0 aliphatic heterocycles. The fraction of sp³-hybridized carbons (Fsp3) is 0.571. The van der Waals surface area contributed by atoms with Crippen molar-refractivity contribution in [1.29, 1.82) is 0 Å². The van der Waals surface area contributed by atoms with Crippen molar-refractivity contribution in [2.45, 2.75) is 33.2 Å². The van der Waals surface area contributed by atoms with E-state index in [1.807, 2.05) is 0 Å². The maximum absolute atomic E-state index is 5.65. The second kappa shape index (κ2) is 5.90. The first-order valence-corrected chi connectivity index (χ1v) is 6.08. The van der Waals surface area contributed by atoms with E-state index in [0.29, 0.717) is 18.5 Å². The Hall–Kier alpha value is -1.02. The van der Waals surface area contributed by atoms with Gasteiger partial charge in [-0.3, -0.25) is 0 Å². The first kappa shape index (κ1) is 13.0. The van der Waals surface area contributed by atoms with Crippen LogP contribution in [0.1, 0.15) is 26.3 Å². The Morgan fingerprint density at radius 2 is 1.81 bits per heavy atom. The molecule has 0 amide bonds. The van der Waals surface area contributed by atoms with Crippen molar-refractivity contribution in [2.75, 3.05) is 18.5 Å². The fourth-order valence-electron chi connectivity index (χ4n) is 1.89. The van der Waals surface area contributed by atoms with Crippen molar-refractivity contribution < 1.29 is 0 Å². The highest BCUT2D eigenvalue weighted by atomic mass is 15.1. The van der Waals surface area contributed by atoms with Crippen LogP contribution in [0.2, 0.25) is 0 Å². The molecule has 16 heavy (non-hydrogen) atoms. The van der Waals surface area contributed by atoms with Crippen LogP contribution in [-0.4, -0.2) is 19.6 Å². The van der Waals surface area contributed by atoms with Crippen LogP contribution in [0.4, 0.5) is 5.69 Å². The number of hydrogen-bond donors (Lipinski definition) is 1. The molecule has 1 unspecified atom stereocenters. The molecule has 0 bridgehead atoms. The van der Waals surface area contributed by atoms with Gasteiger partial charge in [0.15, 0.2) is 0 Å². The van der Waals surface area contributed by atoms with Gasteiger partial charge in [0.05, 0.1) is 0 Å². The lowest BCUT2D eigenvalue weighted by atomic mass is 10.0. The van der Waals surface area contributed by atoms with Crippen molar-refractivity contribution in [3.8, 4) is 0 Å². The van der Waals surface area contributed by atoms with Gasteiger partial charge in [-0.2, -0.15) is 0 Å². The lowest BCUT2D eigenvalue weighted by Crippen LogP contribution is -2.33. The number of benzene rings is 1. The van der Waals surface area contributed by atoms with Gasteiger partial charge in [0.1, 0.15) is 0 Å². The Morgan fingerprint density at radius 3 is 2.38 bits per heavy atom. The Morgan fingerprint density at radius 1 is 1.19 bits per heavy atom. The first-order valence-electron chi connectivity index (χ1n) is 6.08. The predicted molar refractivity (Wildman–Crippen MR) is 71.9 cm³/mol. The van der Waals surface area contributed by atoms with E-state index in [1.54, 1.807) is 0 Å². The van der Waals surface area contributed by atoms with Crippen LogP contribution < -0.4 is 10.6 Å². The van der Waals surface area contributed by atoms with E-state index in [-0.39, 0.29) is 0 Å². The summed E-state index contributed by atoms with van der Waals surface area (Å²) < 4.78 is 0. The molecule has 0 saturated carbocycles. The summed E-state index contributed by atoms with van der Waals surface area (Å²) in [6, 6.07) is 9.08. The van der Waals surface area contributed by atoms with Gasteiger partial charge in [0.25, 0.3) is 0 Å². The molecule has 2 N–H and O–H groups in total. The Balaban J connectivity index is 2.93. The number of nitrogens with zero attached hydrogens (tertiary/aromatic N) is 1. The lowest BCUT2D eigenvalue weighted by Gasteiger charge is -2.31. The predicted octanol–water partition coefficient (Wildman–Crippen LogP) is 2.67. The Bertz CT molecular complexity index is 320. The van der Waals surface area contributed by atoms with Crippen LogP contribution >= 0.6 is 0 Å². The van der Waals surface area contributed by atoms with Crippen molar-refractivity contribution in [2.24, 2.45) is 11.7 Å². The topological polar surface area (TPSA) is 29.3 Å². The van der Waals surface area contributed by atoms with Gasteiger partial charge in [-0.25, -0.2) is 0 Å². The second-order valence-corrected chi connectivity index (χ2v) is 4.76. The molecule has 0 aliphatic rings. The van der Waals surface area contributed by atoms with E-state index in [4.69, 9.17) is 5.73 Å². The van der Waals surface area contributed by atoms with Crippen LogP contribution in [0.25, 0.3) is 0 Å². The van der Waals surface area contributed by atoms with Gasteiger partial charge in [0, 0.05) is 18.8 Å². The maximum atomic E-state index is 5.65. The SMILES string of the molecule is CC(C)C(C)N(C)c1ccccc1CCN. The third-order valence-electron chi connectivity index (χ3n) is 3.36. The molecular weight excluding hydrogens is 196 g/mol. The quantitative estimate of drug-likeness (QED) is 0.826. The summed E-state index contributed by atoms with van der Waals surface area (Å²) in [4.78, 5) is 2.36. The summed E-state index contributed by atoms with van der Waals surface area (Å²) in [5.41, 5.74) is 8.31. The zero-order valence-electron chi connectivity index (χ0n) is 10.9. The van der Waals surface area contributed by atoms with Crippen molar-refractivity contribution in [3.05, 3.63) is 29.8 Å². The van der Waals surface area contributed by atoms with Crippen LogP contribution in [0.15, 0.2) is 24.3 Å². The molecule has 2 heteroatoms. The number of anilines is 1. The highest BCUT2D eigenvalue weighted by molar-refractivity contribution is 5.54. The second-order valence-electron chi connectivity index (χ2n) is 4.76. The molecule has 1 rings (SSSR count). The van der Waals surface area contributed by atoms with E-state index >= 15 is 0 Å². The summed E-state index contributed by atoms with van der Waals surface area (Å²) in [6.07, 6.45) is 0.950. The summed E-state index contributed by atoms with van der Waals surface area (Å²) in [6.45, 7) is 7.49. The number of rotatable bonds is 5. The van der Waals surface area contributed by atoms with E-state index in [2.05, 4.69) is 57.0 Å². The molecule has 1 aromatic carbocycles. The van der Waals surface area contributed by atoms with Crippen molar-refractivity contribution in [3.63, 3.8) is 0 Å². The average molecular weight is 220 g/mol. The molecule has 0 fully saturated rings. The van der Waals surface area contributed by atoms with E-state index in [1.165, 1.54) is 11.3 Å². The number of para-hydroxylation sites is 1. The standard InChI is InChI=1S/C14H24N2/c1-11(2)12(3)16(4)14-8-6-5-7-13(14)9-10-15/h5-8,11-12H,9-10,15H2,1-4H3. The smallest absolute Gasteiger partial charge is 0.0399 e. The van der Waals surface area contributed by atoms with E-state index < -0.39 is 0 Å². The molecule has 0 aliphatic carbocycles. The van der Waals surface area contributed by atoms with E-state index in [0.717, 1.165) is 6.42 Å². The van der Waals surface area contributed by atoms with Crippen molar-refractivity contribution >= 4 is 5.69 Å². The first-order chi connectivity index (χ1) is 7.57. The average Bonchev–Trinajstić information content (AvgIpc) is 2.28. The minimum absolute atomic E-state index is 0.541. The normalized spacial score (nSPS) is 12.9. The van der Waals surface area contributed by atoms with Crippen LogP contribution in [0.3, 0.4) is 0 Å². The highest BCUT2D eigenvalue weighted by Crippen LogP contribution is 2.23. The van der Waals surface area contributed by atoms with Gasteiger partial charge in [-0.15, -0.1) is 0 Å². The third-order valence-corrected chi connectivity index (χ3v) is 3.36. The summed E-state index contributed by atoms with van der Waals surface area (Å²) >= 11 is 0. The largest absolute Gasteiger partial charge is 0.371 e. The van der Waals surface area contributed by atoms with Gasteiger partial charge in [-0.05, 0) is 37.4 Å².